The lowest BCUT2D eigenvalue weighted by atomic mass is 10.3. The highest BCUT2D eigenvalue weighted by molar-refractivity contribution is 7.79. The highest BCUT2D eigenvalue weighted by atomic mass is 32.2. The first kappa shape index (κ1) is 9.88. The van der Waals surface area contributed by atoms with Gasteiger partial charge in [-0.2, -0.15) is 0 Å². The predicted molar refractivity (Wildman–Crippen MR) is 52.4 cm³/mol. The van der Waals surface area contributed by atoms with Gasteiger partial charge in [0.1, 0.15) is 0 Å². The summed E-state index contributed by atoms with van der Waals surface area (Å²) in [6.07, 6.45) is 0. The Hall–Kier alpha value is -1.20. The van der Waals surface area contributed by atoms with Gasteiger partial charge in [0.2, 0.25) is 0 Å². The van der Waals surface area contributed by atoms with E-state index in [-0.39, 0.29) is 4.90 Å². The average Bonchev–Trinajstić information content (AvgIpc) is 2.03. The van der Waals surface area contributed by atoms with Gasteiger partial charge in [-0.15, -0.1) is 0 Å². The zero-order valence-electron chi connectivity index (χ0n) is 7.10. The van der Waals surface area contributed by atoms with Crippen LogP contribution in [0.1, 0.15) is 6.92 Å². The number of hydrogen-bond acceptors (Lipinski definition) is 2. The van der Waals surface area contributed by atoms with Gasteiger partial charge in [-0.25, -0.2) is 9.20 Å². The molecule has 0 fully saturated rings. The first-order valence-corrected chi connectivity index (χ1v) is 4.72. The van der Waals surface area contributed by atoms with E-state index >= 15 is 0 Å². The summed E-state index contributed by atoms with van der Waals surface area (Å²) in [7, 11) is 0. The standard InChI is InChI=1S/C8H10N2O2S/c1-6(9)10-7-4-2-3-5-8(7)13(11)12/h2-5H,1H3,(H2,9,10)(H,11,12). The smallest absolute Gasteiger partial charge is 0.188 e. The zero-order valence-corrected chi connectivity index (χ0v) is 7.91. The average molecular weight is 198 g/mol. The second-order valence-corrected chi connectivity index (χ2v) is 3.41. The SMILES string of the molecule is CC(N)=Nc1ccccc1S(=O)O. The molecule has 1 aromatic carbocycles. The van der Waals surface area contributed by atoms with Crippen LogP contribution in [0.15, 0.2) is 34.2 Å². The molecule has 0 radical (unpaired) electrons. The summed E-state index contributed by atoms with van der Waals surface area (Å²) < 4.78 is 19.7. The van der Waals surface area contributed by atoms with Crippen LogP contribution in [0, 0.1) is 0 Å². The van der Waals surface area contributed by atoms with E-state index in [1.54, 1.807) is 25.1 Å². The van der Waals surface area contributed by atoms with E-state index in [9.17, 15) is 4.21 Å². The molecule has 70 valence electrons. The van der Waals surface area contributed by atoms with Crippen LogP contribution in [-0.4, -0.2) is 14.6 Å². The van der Waals surface area contributed by atoms with Crippen molar-refractivity contribution in [3.8, 4) is 0 Å². The summed E-state index contributed by atoms with van der Waals surface area (Å²) in [4.78, 5) is 4.19. The summed E-state index contributed by atoms with van der Waals surface area (Å²) in [6, 6.07) is 6.59. The van der Waals surface area contributed by atoms with Gasteiger partial charge < -0.3 is 10.3 Å². The fourth-order valence-corrected chi connectivity index (χ4v) is 1.37. The quantitative estimate of drug-likeness (QED) is 0.427. The van der Waals surface area contributed by atoms with Crippen LogP contribution in [0.4, 0.5) is 5.69 Å². The van der Waals surface area contributed by atoms with Gasteiger partial charge in [-0.3, -0.25) is 0 Å². The van der Waals surface area contributed by atoms with Crippen molar-refractivity contribution in [3.05, 3.63) is 24.3 Å². The van der Waals surface area contributed by atoms with Crippen molar-refractivity contribution in [1.29, 1.82) is 0 Å². The summed E-state index contributed by atoms with van der Waals surface area (Å²) in [5.41, 5.74) is 5.80. The largest absolute Gasteiger partial charge is 0.387 e. The molecule has 4 nitrogen and oxygen atoms in total. The molecule has 0 saturated heterocycles. The number of rotatable bonds is 2. The molecule has 1 atom stereocenters. The molecule has 13 heavy (non-hydrogen) atoms. The van der Waals surface area contributed by atoms with Gasteiger partial charge >= 0.3 is 0 Å². The number of amidine groups is 1. The van der Waals surface area contributed by atoms with Crippen molar-refractivity contribution >= 4 is 22.6 Å². The lowest BCUT2D eigenvalue weighted by molar-refractivity contribution is 0.564. The van der Waals surface area contributed by atoms with Crippen molar-refractivity contribution in [2.45, 2.75) is 11.8 Å². The van der Waals surface area contributed by atoms with E-state index in [4.69, 9.17) is 10.3 Å². The van der Waals surface area contributed by atoms with Gasteiger partial charge in [-0.1, -0.05) is 12.1 Å². The minimum atomic E-state index is -2.02. The lowest BCUT2D eigenvalue weighted by Gasteiger charge is -2.00. The minimum Gasteiger partial charge on any atom is -0.387 e. The molecule has 0 aliphatic rings. The van der Waals surface area contributed by atoms with E-state index < -0.39 is 11.1 Å². The second-order valence-electron chi connectivity index (χ2n) is 2.47. The normalized spacial score (nSPS) is 14.2. The Kier molecular flexibility index (Phi) is 3.16. The van der Waals surface area contributed by atoms with E-state index in [0.29, 0.717) is 11.5 Å². The second kappa shape index (κ2) is 4.15. The van der Waals surface area contributed by atoms with Crippen LogP contribution in [-0.2, 0) is 11.1 Å². The van der Waals surface area contributed by atoms with Gasteiger partial charge in [-0.05, 0) is 19.1 Å². The number of benzene rings is 1. The van der Waals surface area contributed by atoms with Gasteiger partial charge in [0.05, 0.1) is 16.4 Å². The third-order valence-corrected chi connectivity index (χ3v) is 2.07. The molecule has 0 aliphatic heterocycles. The molecule has 0 bridgehead atoms. The van der Waals surface area contributed by atoms with Crippen LogP contribution >= 0.6 is 0 Å². The van der Waals surface area contributed by atoms with Crippen LogP contribution in [0.5, 0.6) is 0 Å². The molecular weight excluding hydrogens is 188 g/mol. The third-order valence-electron chi connectivity index (χ3n) is 1.35. The lowest BCUT2D eigenvalue weighted by Crippen LogP contribution is -2.04. The molecular formula is C8H10N2O2S. The van der Waals surface area contributed by atoms with E-state index in [1.807, 2.05) is 0 Å². The Labute approximate surface area is 78.8 Å². The first-order chi connectivity index (χ1) is 6.11. The van der Waals surface area contributed by atoms with Crippen LogP contribution in [0.2, 0.25) is 0 Å². The zero-order chi connectivity index (χ0) is 9.84. The molecule has 0 heterocycles. The van der Waals surface area contributed by atoms with Crippen molar-refractivity contribution in [1.82, 2.24) is 0 Å². The first-order valence-electron chi connectivity index (χ1n) is 3.62. The molecule has 0 amide bonds. The Morgan fingerprint density at radius 2 is 2.15 bits per heavy atom. The molecule has 0 aliphatic carbocycles. The topological polar surface area (TPSA) is 75.7 Å². The molecule has 0 saturated carbocycles. The molecule has 3 N–H and O–H groups in total. The van der Waals surface area contributed by atoms with Gasteiger partial charge in [0.25, 0.3) is 0 Å². The van der Waals surface area contributed by atoms with Crippen molar-refractivity contribution in [2.75, 3.05) is 0 Å². The van der Waals surface area contributed by atoms with Gasteiger partial charge in [0, 0.05) is 0 Å². The minimum absolute atomic E-state index is 0.271. The van der Waals surface area contributed by atoms with Crippen LogP contribution in [0.3, 0.4) is 0 Å². The number of aliphatic imine (C=N–C) groups is 1. The van der Waals surface area contributed by atoms with Gasteiger partial charge in [0.15, 0.2) is 11.1 Å². The number of nitrogens with zero attached hydrogens (tertiary/aromatic N) is 1. The molecule has 0 aromatic heterocycles. The van der Waals surface area contributed by atoms with E-state index in [1.165, 1.54) is 6.07 Å². The van der Waals surface area contributed by atoms with E-state index in [2.05, 4.69) is 4.99 Å². The Bertz CT molecular complexity index is 359. The maximum Gasteiger partial charge on any atom is 0.188 e. The molecule has 1 unspecified atom stereocenters. The van der Waals surface area contributed by atoms with E-state index in [0.717, 1.165) is 0 Å². The summed E-state index contributed by atoms with van der Waals surface area (Å²) >= 11 is -2.02. The Morgan fingerprint density at radius 3 is 2.69 bits per heavy atom. The molecule has 0 spiro atoms. The highest BCUT2D eigenvalue weighted by Crippen LogP contribution is 2.20. The fourth-order valence-electron chi connectivity index (χ4n) is 0.887. The predicted octanol–water partition coefficient (Wildman–Crippen LogP) is 1.28. The maximum atomic E-state index is 10.8. The molecule has 1 aromatic rings. The summed E-state index contributed by atoms with van der Waals surface area (Å²) in [6.45, 7) is 1.62. The monoisotopic (exact) mass is 198 g/mol. The number of hydrogen-bond donors (Lipinski definition) is 2. The maximum absolute atomic E-state index is 10.8. The van der Waals surface area contributed by atoms with Crippen molar-refractivity contribution in [3.63, 3.8) is 0 Å². The molecule has 1 rings (SSSR count). The number of nitrogens with two attached hydrogens (primary N) is 1. The van der Waals surface area contributed by atoms with Crippen molar-refractivity contribution < 1.29 is 8.76 Å². The van der Waals surface area contributed by atoms with Crippen LogP contribution in [0.25, 0.3) is 0 Å². The van der Waals surface area contributed by atoms with Crippen molar-refractivity contribution in [2.24, 2.45) is 10.7 Å². The third kappa shape index (κ3) is 2.64. The Morgan fingerprint density at radius 1 is 1.54 bits per heavy atom. The summed E-state index contributed by atoms with van der Waals surface area (Å²) in [5, 5.41) is 0. The van der Waals surface area contributed by atoms with Crippen LogP contribution < -0.4 is 5.73 Å². The Balaban J connectivity index is 3.20. The fraction of sp³-hybridized carbons (Fsp3) is 0.125. The highest BCUT2D eigenvalue weighted by Gasteiger charge is 2.05. The number of para-hydroxylation sites is 1. The molecule has 5 heteroatoms. The summed E-state index contributed by atoms with van der Waals surface area (Å²) in [5.74, 6) is 0.359.